The van der Waals surface area contributed by atoms with E-state index in [1.54, 1.807) is 0 Å². The third kappa shape index (κ3) is 2.98. The van der Waals surface area contributed by atoms with Crippen molar-refractivity contribution in [2.75, 3.05) is 0 Å². The molecule has 1 aliphatic heterocycles. The molecule has 0 spiro atoms. The van der Waals surface area contributed by atoms with E-state index < -0.39 is 29.6 Å². The molecule has 0 N–H and O–H groups in total. The summed E-state index contributed by atoms with van der Waals surface area (Å²) in [5.41, 5.74) is 0. The van der Waals surface area contributed by atoms with Crippen molar-refractivity contribution in [2.45, 2.75) is 32.5 Å². The zero-order valence-electron chi connectivity index (χ0n) is 9.44. The van der Waals surface area contributed by atoms with Crippen molar-refractivity contribution in [3.8, 4) is 0 Å². The van der Waals surface area contributed by atoms with Crippen LogP contribution in [0.5, 0.6) is 0 Å². The predicted octanol–water partition coefficient (Wildman–Crippen LogP) is -0.690. The lowest BCUT2D eigenvalue weighted by Crippen LogP contribution is -2.46. The maximum atomic E-state index is 11.4. The Bertz CT molecular complexity index is 304. The molecule has 7 heteroatoms. The van der Waals surface area contributed by atoms with E-state index in [2.05, 4.69) is 4.65 Å². The molecule has 88 valence electrons. The Morgan fingerprint density at radius 3 is 2.31 bits per heavy atom. The van der Waals surface area contributed by atoms with E-state index in [0.29, 0.717) is 0 Å². The fourth-order valence-electron chi connectivity index (χ4n) is 1.34. The van der Waals surface area contributed by atoms with Gasteiger partial charge in [-0.15, -0.1) is 0 Å². The molecule has 1 heterocycles. The summed E-state index contributed by atoms with van der Waals surface area (Å²) in [6, 6.07) is 0. The maximum Gasteiger partial charge on any atom is 0.325 e. The highest BCUT2D eigenvalue weighted by molar-refractivity contribution is 6.05. The molecule has 6 nitrogen and oxygen atoms in total. The Morgan fingerprint density at radius 1 is 1.38 bits per heavy atom. The van der Waals surface area contributed by atoms with E-state index in [0.717, 1.165) is 0 Å². The summed E-state index contributed by atoms with van der Waals surface area (Å²) in [5, 5.41) is 0. The van der Waals surface area contributed by atoms with Crippen molar-refractivity contribution in [1.29, 1.82) is 0 Å². The third-order valence-corrected chi connectivity index (χ3v) is 2.13. The van der Waals surface area contributed by atoms with Gasteiger partial charge in [0.1, 0.15) is 0 Å². The van der Waals surface area contributed by atoms with Crippen molar-refractivity contribution >= 4 is 26.0 Å². The second kappa shape index (κ2) is 4.55. The van der Waals surface area contributed by atoms with E-state index in [4.69, 9.17) is 9.47 Å². The topological polar surface area (TPSA) is 78.9 Å². The highest BCUT2D eigenvalue weighted by Crippen LogP contribution is 2.25. The first-order valence-corrected chi connectivity index (χ1v) is 4.88. The first-order valence-electron chi connectivity index (χ1n) is 4.88. The van der Waals surface area contributed by atoms with Gasteiger partial charge in [-0.1, -0.05) is 0 Å². The minimum absolute atomic E-state index is 0.0220. The largest absolute Gasteiger partial charge is 0.543 e. The lowest BCUT2D eigenvalue weighted by molar-refractivity contribution is -0.240. The van der Waals surface area contributed by atoms with Gasteiger partial charge in [-0.3, -0.25) is 14.4 Å². The number of hydrogen-bond donors (Lipinski definition) is 0. The average Bonchev–Trinajstić information content (AvgIpc) is 2.14. The van der Waals surface area contributed by atoms with E-state index in [1.165, 1.54) is 21.9 Å². The van der Waals surface area contributed by atoms with Crippen LogP contribution in [0.15, 0.2) is 0 Å². The smallest absolute Gasteiger partial charge is 0.325 e. The minimum atomic E-state index is -1.23. The van der Waals surface area contributed by atoms with Crippen molar-refractivity contribution < 1.29 is 28.5 Å². The van der Waals surface area contributed by atoms with Crippen LogP contribution in [0.1, 0.15) is 26.7 Å². The molecule has 1 saturated heterocycles. The molecule has 1 fully saturated rings. The number of ether oxygens (including phenoxy) is 2. The highest BCUT2D eigenvalue weighted by Gasteiger charge is 2.42. The molecule has 1 rings (SSSR count). The summed E-state index contributed by atoms with van der Waals surface area (Å²) in [7, 11) is 1.24. The first-order chi connectivity index (χ1) is 7.35. The quantitative estimate of drug-likeness (QED) is 0.361. The lowest BCUT2D eigenvalue weighted by atomic mass is 10.0. The van der Waals surface area contributed by atoms with Gasteiger partial charge < -0.3 is 14.1 Å². The fourth-order valence-corrected chi connectivity index (χ4v) is 1.34. The van der Waals surface area contributed by atoms with E-state index in [1.807, 2.05) is 0 Å². The molecule has 1 aliphatic rings. The molecule has 0 radical (unpaired) electrons. The summed E-state index contributed by atoms with van der Waals surface area (Å²) in [4.78, 5) is 33.8. The number of rotatable bonds is 3. The minimum Gasteiger partial charge on any atom is -0.543 e. The maximum absolute atomic E-state index is 11.4. The van der Waals surface area contributed by atoms with Gasteiger partial charge in [0.15, 0.2) is 5.92 Å². The van der Waals surface area contributed by atoms with Gasteiger partial charge >= 0.3 is 20.0 Å². The number of hydrogen-bond acceptors (Lipinski definition) is 6. The molecule has 0 aromatic rings. The molecule has 0 unspecified atom stereocenters. The normalized spacial score (nSPS) is 19.9. The Labute approximate surface area is 93.7 Å². The van der Waals surface area contributed by atoms with Crippen molar-refractivity contribution in [2.24, 2.45) is 5.92 Å². The second-order valence-corrected chi connectivity index (χ2v) is 3.91. The molecule has 0 aromatic heterocycles. The third-order valence-electron chi connectivity index (χ3n) is 2.13. The summed E-state index contributed by atoms with van der Waals surface area (Å²) < 4.78 is 14.2. The molecule has 16 heavy (non-hydrogen) atoms. The van der Waals surface area contributed by atoms with Gasteiger partial charge in [0, 0.05) is 20.3 Å². The number of carbonyl (C=O) groups is 3. The standard InChI is InChI=1S/C9H13BO6/c1-9(2)14-7(12)5(8(13)15-9)3-4-6(11)16-10/h5H,3-4,10H2,1-2H3. The van der Waals surface area contributed by atoms with Crippen molar-refractivity contribution in [1.82, 2.24) is 0 Å². The lowest BCUT2D eigenvalue weighted by Gasteiger charge is -2.32. The van der Waals surface area contributed by atoms with Gasteiger partial charge in [0.05, 0.1) is 0 Å². The average molecular weight is 228 g/mol. The number of cyclic esters (lactones) is 2. The van der Waals surface area contributed by atoms with Gasteiger partial charge in [-0.2, -0.15) is 0 Å². The molecule has 0 amide bonds. The van der Waals surface area contributed by atoms with Crippen LogP contribution in [-0.4, -0.2) is 31.7 Å². The Balaban J connectivity index is 2.58. The molecule has 0 atom stereocenters. The Hall–Kier alpha value is -1.53. The SMILES string of the molecule is BOC(=O)CCC1C(=O)OC(C)(C)OC1=O. The summed E-state index contributed by atoms with van der Waals surface area (Å²) in [5.74, 6) is -4.07. The van der Waals surface area contributed by atoms with Gasteiger partial charge in [-0.25, -0.2) is 0 Å². The van der Waals surface area contributed by atoms with Crippen LogP contribution < -0.4 is 0 Å². The van der Waals surface area contributed by atoms with E-state index in [-0.39, 0.29) is 12.8 Å². The zero-order valence-corrected chi connectivity index (χ0v) is 9.44. The van der Waals surface area contributed by atoms with Crippen LogP contribution in [0.3, 0.4) is 0 Å². The first kappa shape index (κ1) is 12.5. The zero-order chi connectivity index (χ0) is 12.3. The van der Waals surface area contributed by atoms with Crippen LogP contribution in [0, 0.1) is 5.92 Å². The predicted molar refractivity (Wildman–Crippen MR) is 53.6 cm³/mol. The molecule has 0 bridgehead atoms. The van der Waals surface area contributed by atoms with Crippen LogP contribution in [-0.2, 0) is 28.5 Å². The molecule has 0 aromatic carbocycles. The monoisotopic (exact) mass is 228 g/mol. The van der Waals surface area contributed by atoms with Crippen molar-refractivity contribution in [3.63, 3.8) is 0 Å². The van der Waals surface area contributed by atoms with Crippen LogP contribution in [0.4, 0.5) is 0 Å². The molecule has 0 aliphatic carbocycles. The summed E-state index contributed by atoms with van der Waals surface area (Å²) in [6.45, 7) is 2.94. The van der Waals surface area contributed by atoms with Crippen LogP contribution in [0.2, 0.25) is 0 Å². The Morgan fingerprint density at radius 2 is 1.88 bits per heavy atom. The second-order valence-electron chi connectivity index (χ2n) is 3.91. The fraction of sp³-hybridized carbons (Fsp3) is 0.667. The summed E-state index contributed by atoms with van der Waals surface area (Å²) in [6.07, 6.45) is 0.0201. The Kier molecular flexibility index (Phi) is 3.56. The van der Waals surface area contributed by atoms with E-state index in [9.17, 15) is 14.4 Å². The molecular formula is C9H13BO6. The highest BCUT2D eigenvalue weighted by atomic mass is 16.7. The number of esters is 2. The van der Waals surface area contributed by atoms with Gasteiger partial charge in [0.25, 0.3) is 11.8 Å². The summed E-state index contributed by atoms with van der Waals surface area (Å²) >= 11 is 0. The van der Waals surface area contributed by atoms with E-state index >= 15 is 0 Å². The van der Waals surface area contributed by atoms with Crippen LogP contribution >= 0.6 is 0 Å². The number of carbonyl (C=O) groups excluding carboxylic acids is 3. The van der Waals surface area contributed by atoms with Gasteiger partial charge in [0.2, 0.25) is 0 Å². The van der Waals surface area contributed by atoms with Crippen LogP contribution in [0.25, 0.3) is 0 Å². The molecule has 0 saturated carbocycles. The molecular weight excluding hydrogens is 215 g/mol. The van der Waals surface area contributed by atoms with Gasteiger partial charge in [-0.05, 0) is 6.42 Å². The van der Waals surface area contributed by atoms with Crippen molar-refractivity contribution in [3.05, 3.63) is 0 Å².